The van der Waals surface area contributed by atoms with E-state index in [1.807, 2.05) is 32.0 Å². The fourth-order valence-corrected chi connectivity index (χ4v) is 2.95. The Bertz CT molecular complexity index is 706. The highest BCUT2D eigenvalue weighted by molar-refractivity contribution is 14.1. The van der Waals surface area contributed by atoms with E-state index < -0.39 is 10.1 Å². The van der Waals surface area contributed by atoms with Gasteiger partial charge >= 0.3 is 0 Å². The van der Waals surface area contributed by atoms with E-state index in [1.54, 1.807) is 24.3 Å². The molecule has 5 heteroatoms. The van der Waals surface area contributed by atoms with Crippen molar-refractivity contribution in [1.29, 1.82) is 0 Å². The zero-order valence-corrected chi connectivity index (χ0v) is 14.2. The maximum atomic E-state index is 12.0. The van der Waals surface area contributed by atoms with Gasteiger partial charge in [-0.05, 0) is 65.8 Å². The molecule has 2 aromatic rings. The topological polar surface area (TPSA) is 43.4 Å². The van der Waals surface area contributed by atoms with Crippen LogP contribution in [-0.4, -0.2) is 8.42 Å². The molecule has 0 spiro atoms. The number of hydrogen-bond donors (Lipinski definition) is 0. The molecule has 3 nitrogen and oxygen atoms in total. The van der Waals surface area contributed by atoms with Gasteiger partial charge in [0.05, 0.1) is 11.5 Å². The van der Waals surface area contributed by atoms with Crippen LogP contribution in [0.1, 0.15) is 16.7 Å². The van der Waals surface area contributed by atoms with Crippen molar-refractivity contribution in [3.05, 3.63) is 62.7 Å². The lowest BCUT2D eigenvalue weighted by Crippen LogP contribution is -2.06. The van der Waals surface area contributed by atoms with Crippen molar-refractivity contribution in [2.24, 2.45) is 0 Å². The summed E-state index contributed by atoms with van der Waals surface area (Å²) in [5, 5.41) is 0. The summed E-state index contributed by atoms with van der Waals surface area (Å²) in [6.45, 7) is 3.94. The molecule has 0 aromatic heterocycles. The Morgan fingerprint density at radius 1 is 1.05 bits per heavy atom. The summed E-state index contributed by atoms with van der Waals surface area (Å²) >= 11 is 2.24. The summed E-state index contributed by atoms with van der Waals surface area (Å²) in [5.41, 5.74) is 2.97. The van der Waals surface area contributed by atoms with Crippen LogP contribution in [0.3, 0.4) is 0 Å². The molecule has 106 valence electrons. The monoisotopic (exact) mass is 402 g/mol. The van der Waals surface area contributed by atoms with Gasteiger partial charge in [-0.1, -0.05) is 29.8 Å². The second kappa shape index (κ2) is 6.24. The van der Waals surface area contributed by atoms with Crippen molar-refractivity contribution in [3.8, 4) is 0 Å². The van der Waals surface area contributed by atoms with Crippen LogP contribution in [0.4, 0.5) is 0 Å². The van der Waals surface area contributed by atoms with Crippen molar-refractivity contribution < 1.29 is 12.6 Å². The molecule has 2 aromatic carbocycles. The molecule has 0 amide bonds. The average Bonchev–Trinajstić information content (AvgIpc) is 2.41. The van der Waals surface area contributed by atoms with E-state index in [4.69, 9.17) is 4.18 Å². The van der Waals surface area contributed by atoms with Crippen LogP contribution in [0.15, 0.2) is 47.4 Å². The minimum absolute atomic E-state index is 0.0496. The number of halogens is 1. The molecular formula is C15H15IO3S. The predicted octanol–water partition coefficient (Wildman–Crippen LogP) is 3.81. The average molecular weight is 402 g/mol. The highest BCUT2D eigenvalue weighted by Gasteiger charge is 2.15. The number of rotatable bonds is 4. The van der Waals surface area contributed by atoms with E-state index >= 15 is 0 Å². The van der Waals surface area contributed by atoms with E-state index in [2.05, 4.69) is 22.6 Å². The third kappa shape index (κ3) is 3.80. The van der Waals surface area contributed by atoms with Crippen LogP contribution in [0.5, 0.6) is 0 Å². The van der Waals surface area contributed by atoms with Gasteiger partial charge in [0, 0.05) is 3.57 Å². The molecule has 0 heterocycles. The molecule has 0 atom stereocenters. The van der Waals surface area contributed by atoms with Gasteiger partial charge in [-0.15, -0.1) is 0 Å². The van der Waals surface area contributed by atoms with Gasteiger partial charge < -0.3 is 0 Å². The Morgan fingerprint density at radius 2 is 1.70 bits per heavy atom. The molecule has 0 aliphatic carbocycles. The first-order valence-electron chi connectivity index (χ1n) is 6.09. The van der Waals surface area contributed by atoms with Gasteiger partial charge in [0.25, 0.3) is 10.1 Å². The largest absolute Gasteiger partial charge is 0.297 e. The van der Waals surface area contributed by atoms with Gasteiger partial charge in [0.2, 0.25) is 0 Å². The Morgan fingerprint density at radius 3 is 2.30 bits per heavy atom. The first-order valence-corrected chi connectivity index (χ1v) is 8.58. The van der Waals surface area contributed by atoms with Crippen LogP contribution >= 0.6 is 22.6 Å². The molecule has 0 aliphatic heterocycles. The first kappa shape index (κ1) is 15.5. The Kier molecular flexibility index (Phi) is 4.82. The summed E-state index contributed by atoms with van der Waals surface area (Å²) in [4.78, 5) is 0.185. The second-order valence-corrected chi connectivity index (χ2v) is 7.39. The van der Waals surface area contributed by atoms with Crippen molar-refractivity contribution in [1.82, 2.24) is 0 Å². The zero-order valence-electron chi connectivity index (χ0n) is 11.3. The number of benzene rings is 2. The standard InChI is InChI=1S/C15H15IO3S/c1-11-3-6-14(7-4-11)20(17,18)19-10-13-5-8-15(16)12(2)9-13/h3-9H,10H2,1-2H3. The predicted molar refractivity (Wildman–Crippen MR) is 87.0 cm³/mol. The first-order chi connectivity index (χ1) is 9.38. The van der Waals surface area contributed by atoms with E-state index in [1.165, 1.54) is 0 Å². The molecule has 0 N–H and O–H groups in total. The molecular weight excluding hydrogens is 387 g/mol. The molecule has 20 heavy (non-hydrogen) atoms. The third-order valence-electron chi connectivity index (χ3n) is 2.91. The van der Waals surface area contributed by atoms with E-state index in [-0.39, 0.29) is 11.5 Å². The summed E-state index contributed by atoms with van der Waals surface area (Å²) in [7, 11) is -3.70. The number of hydrogen-bond acceptors (Lipinski definition) is 3. The van der Waals surface area contributed by atoms with E-state index in [0.717, 1.165) is 20.3 Å². The SMILES string of the molecule is Cc1ccc(S(=O)(=O)OCc2ccc(I)c(C)c2)cc1. The zero-order chi connectivity index (χ0) is 14.8. The maximum absolute atomic E-state index is 12.0. The lowest BCUT2D eigenvalue weighted by Gasteiger charge is -2.07. The minimum Gasteiger partial charge on any atom is -0.262 e. The fourth-order valence-electron chi connectivity index (χ4n) is 1.72. The van der Waals surface area contributed by atoms with Gasteiger partial charge in [0.15, 0.2) is 0 Å². The summed E-state index contributed by atoms with van der Waals surface area (Å²) in [5.74, 6) is 0. The molecule has 0 fully saturated rings. The van der Waals surface area contributed by atoms with E-state index in [0.29, 0.717) is 0 Å². The fraction of sp³-hybridized carbons (Fsp3) is 0.200. The molecule has 0 radical (unpaired) electrons. The minimum atomic E-state index is -3.70. The van der Waals surface area contributed by atoms with Gasteiger partial charge in [0.1, 0.15) is 0 Å². The molecule has 2 rings (SSSR count). The maximum Gasteiger partial charge on any atom is 0.297 e. The Hall–Kier alpha value is -0.920. The molecule has 0 bridgehead atoms. The van der Waals surface area contributed by atoms with Gasteiger partial charge in [-0.3, -0.25) is 4.18 Å². The van der Waals surface area contributed by atoms with Crippen molar-refractivity contribution in [2.45, 2.75) is 25.3 Å². The van der Waals surface area contributed by atoms with Crippen molar-refractivity contribution in [2.75, 3.05) is 0 Å². The lowest BCUT2D eigenvalue weighted by molar-refractivity contribution is 0.308. The third-order valence-corrected chi connectivity index (χ3v) is 5.40. The highest BCUT2D eigenvalue weighted by atomic mass is 127. The van der Waals surface area contributed by atoms with Crippen LogP contribution < -0.4 is 0 Å². The van der Waals surface area contributed by atoms with Gasteiger partial charge in [-0.25, -0.2) is 0 Å². The Labute approximate surface area is 133 Å². The van der Waals surface area contributed by atoms with Crippen LogP contribution in [-0.2, 0) is 20.9 Å². The van der Waals surface area contributed by atoms with Crippen molar-refractivity contribution >= 4 is 32.7 Å². The Balaban J connectivity index is 2.13. The van der Waals surface area contributed by atoms with Crippen LogP contribution in [0.25, 0.3) is 0 Å². The summed E-state index contributed by atoms with van der Waals surface area (Å²) < 4.78 is 30.3. The van der Waals surface area contributed by atoms with Crippen LogP contribution in [0.2, 0.25) is 0 Å². The van der Waals surface area contributed by atoms with Crippen molar-refractivity contribution in [3.63, 3.8) is 0 Å². The highest BCUT2D eigenvalue weighted by Crippen LogP contribution is 2.17. The van der Waals surface area contributed by atoms with E-state index in [9.17, 15) is 8.42 Å². The van der Waals surface area contributed by atoms with Gasteiger partial charge in [-0.2, -0.15) is 8.42 Å². The molecule has 0 aliphatic rings. The molecule has 0 unspecified atom stereocenters. The summed E-state index contributed by atoms with van der Waals surface area (Å²) in [6, 6.07) is 12.4. The molecule has 0 saturated heterocycles. The normalized spacial score (nSPS) is 11.6. The second-order valence-electron chi connectivity index (χ2n) is 4.61. The summed E-state index contributed by atoms with van der Waals surface area (Å²) in [6.07, 6.45) is 0. The number of aryl methyl sites for hydroxylation is 2. The quantitative estimate of drug-likeness (QED) is 0.577. The molecule has 0 saturated carbocycles. The smallest absolute Gasteiger partial charge is 0.262 e. The van der Waals surface area contributed by atoms with Crippen LogP contribution in [0, 0.1) is 17.4 Å². The lowest BCUT2D eigenvalue weighted by atomic mass is 10.1.